The van der Waals surface area contributed by atoms with E-state index in [9.17, 15) is 0 Å². The zero-order valence-electron chi connectivity index (χ0n) is 10.4. The minimum absolute atomic E-state index is 0.155. The molecule has 0 unspecified atom stereocenters. The minimum Gasteiger partial charge on any atom is -0.491 e. The molecule has 2 aromatic rings. The number of H-pyrrole nitrogens is 1. The van der Waals surface area contributed by atoms with Gasteiger partial charge in [-0.05, 0) is 32.1 Å². The summed E-state index contributed by atoms with van der Waals surface area (Å²) in [5.41, 5.74) is 4.24. The van der Waals surface area contributed by atoms with E-state index in [2.05, 4.69) is 15.6 Å². The summed E-state index contributed by atoms with van der Waals surface area (Å²) in [7, 11) is 0. The smallest absolute Gasteiger partial charge is 0.214 e. The van der Waals surface area contributed by atoms with Crippen molar-refractivity contribution < 1.29 is 4.74 Å². The Morgan fingerprint density at radius 1 is 1.44 bits per heavy atom. The SMILES string of the molecule is CC(C)Oc1ccccc1CNn1cn[nH]c1=S. The molecule has 0 radical (unpaired) electrons. The first-order valence-corrected chi connectivity index (χ1v) is 6.18. The van der Waals surface area contributed by atoms with Crippen LogP contribution in [0.1, 0.15) is 19.4 Å². The van der Waals surface area contributed by atoms with E-state index < -0.39 is 0 Å². The fourth-order valence-corrected chi connectivity index (χ4v) is 1.71. The molecule has 0 aliphatic heterocycles. The highest BCUT2D eigenvalue weighted by molar-refractivity contribution is 7.71. The van der Waals surface area contributed by atoms with Crippen LogP contribution in [0.25, 0.3) is 0 Å². The van der Waals surface area contributed by atoms with E-state index in [0.29, 0.717) is 11.3 Å². The zero-order chi connectivity index (χ0) is 13.0. The Balaban J connectivity index is 2.09. The lowest BCUT2D eigenvalue weighted by Crippen LogP contribution is -2.15. The summed E-state index contributed by atoms with van der Waals surface area (Å²) in [5.74, 6) is 0.884. The third kappa shape index (κ3) is 3.10. The van der Waals surface area contributed by atoms with Crippen molar-refractivity contribution in [2.75, 3.05) is 5.43 Å². The third-order valence-electron chi connectivity index (χ3n) is 2.33. The molecule has 0 aliphatic rings. The monoisotopic (exact) mass is 264 g/mol. The average molecular weight is 264 g/mol. The number of nitrogens with one attached hydrogen (secondary N) is 2. The number of benzene rings is 1. The summed E-state index contributed by atoms with van der Waals surface area (Å²) in [5, 5.41) is 6.53. The second-order valence-corrected chi connectivity index (χ2v) is 4.53. The van der Waals surface area contributed by atoms with Gasteiger partial charge in [0.25, 0.3) is 0 Å². The lowest BCUT2D eigenvalue weighted by molar-refractivity contribution is 0.240. The lowest BCUT2D eigenvalue weighted by atomic mass is 10.2. The van der Waals surface area contributed by atoms with Crippen molar-refractivity contribution in [2.24, 2.45) is 0 Å². The van der Waals surface area contributed by atoms with Gasteiger partial charge in [-0.25, -0.2) is 4.68 Å². The van der Waals surface area contributed by atoms with E-state index in [-0.39, 0.29) is 6.10 Å². The lowest BCUT2D eigenvalue weighted by Gasteiger charge is -2.14. The quantitative estimate of drug-likeness (QED) is 0.815. The van der Waals surface area contributed by atoms with Crippen molar-refractivity contribution in [3.63, 3.8) is 0 Å². The number of rotatable bonds is 5. The summed E-state index contributed by atoms with van der Waals surface area (Å²) in [6, 6.07) is 7.93. The van der Waals surface area contributed by atoms with E-state index in [1.54, 1.807) is 11.0 Å². The normalized spacial score (nSPS) is 10.6. The van der Waals surface area contributed by atoms with E-state index in [1.165, 1.54) is 0 Å². The van der Waals surface area contributed by atoms with Gasteiger partial charge in [0.2, 0.25) is 4.77 Å². The molecule has 2 rings (SSSR count). The van der Waals surface area contributed by atoms with Crippen LogP contribution in [0.2, 0.25) is 0 Å². The topological polar surface area (TPSA) is 54.9 Å². The van der Waals surface area contributed by atoms with Crippen LogP contribution in [0.15, 0.2) is 30.6 Å². The van der Waals surface area contributed by atoms with Gasteiger partial charge in [0, 0.05) is 5.56 Å². The van der Waals surface area contributed by atoms with Crippen molar-refractivity contribution in [3.05, 3.63) is 40.9 Å². The van der Waals surface area contributed by atoms with Crippen molar-refractivity contribution in [3.8, 4) is 5.75 Å². The van der Waals surface area contributed by atoms with Crippen LogP contribution < -0.4 is 10.2 Å². The average Bonchev–Trinajstić information content (AvgIpc) is 2.73. The Bertz CT molecular complexity index is 561. The number of nitrogens with zero attached hydrogens (tertiary/aromatic N) is 2. The molecule has 0 saturated heterocycles. The van der Waals surface area contributed by atoms with Gasteiger partial charge in [0.05, 0.1) is 12.6 Å². The number of hydrogen-bond donors (Lipinski definition) is 2. The molecule has 1 aromatic carbocycles. The van der Waals surface area contributed by atoms with Gasteiger partial charge in [-0.2, -0.15) is 5.10 Å². The molecular weight excluding hydrogens is 248 g/mol. The van der Waals surface area contributed by atoms with Crippen LogP contribution >= 0.6 is 12.2 Å². The molecule has 5 nitrogen and oxygen atoms in total. The second-order valence-electron chi connectivity index (χ2n) is 4.14. The molecule has 1 heterocycles. The Kier molecular flexibility index (Phi) is 3.99. The molecule has 0 saturated carbocycles. The first-order chi connectivity index (χ1) is 8.66. The summed E-state index contributed by atoms with van der Waals surface area (Å²) in [4.78, 5) is 0. The van der Waals surface area contributed by atoms with Gasteiger partial charge in [-0.3, -0.25) is 5.10 Å². The second kappa shape index (κ2) is 5.68. The van der Waals surface area contributed by atoms with Crippen LogP contribution in [0.5, 0.6) is 5.75 Å². The molecule has 2 N–H and O–H groups in total. The van der Waals surface area contributed by atoms with Crippen molar-refractivity contribution in [1.82, 2.24) is 14.9 Å². The molecule has 6 heteroatoms. The predicted octanol–water partition coefficient (Wildman–Crippen LogP) is 2.47. The number of aromatic nitrogens is 3. The van der Waals surface area contributed by atoms with Gasteiger partial charge in [-0.1, -0.05) is 18.2 Å². The highest BCUT2D eigenvalue weighted by atomic mass is 32.1. The molecule has 1 aromatic heterocycles. The Morgan fingerprint density at radius 3 is 2.89 bits per heavy atom. The summed E-state index contributed by atoms with van der Waals surface area (Å²) in [6.45, 7) is 4.64. The molecule has 0 amide bonds. The van der Waals surface area contributed by atoms with Crippen molar-refractivity contribution in [2.45, 2.75) is 26.5 Å². The molecular formula is C12H16N4OS. The van der Waals surface area contributed by atoms with Gasteiger partial charge in [-0.15, -0.1) is 0 Å². The van der Waals surface area contributed by atoms with Gasteiger partial charge >= 0.3 is 0 Å². The number of ether oxygens (including phenoxy) is 1. The van der Waals surface area contributed by atoms with Crippen LogP contribution in [-0.2, 0) is 6.54 Å². The maximum absolute atomic E-state index is 5.75. The van der Waals surface area contributed by atoms with Crippen molar-refractivity contribution in [1.29, 1.82) is 0 Å². The largest absolute Gasteiger partial charge is 0.491 e. The fourth-order valence-electron chi connectivity index (χ4n) is 1.55. The summed E-state index contributed by atoms with van der Waals surface area (Å²) < 4.78 is 7.95. The molecule has 0 bridgehead atoms. The number of aromatic amines is 1. The van der Waals surface area contributed by atoms with E-state index in [1.807, 2.05) is 38.1 Å². The van der Waals surface area contributed by atoms with Crippen LogP contribution in [0.4, 0.5) is 0 Å². The zero-order valence-corrected chi connectivity index (χ0v) is 11.2. The number of hydrogen-bond acceptors (Lipinski definition) is 4. The van der Waals surface area contributed by atoms with E-state index in [0.717, 1.165) is 11.3 Å². The molecule has 0 spiro atoms. The van der Waals surface area contributed by atoms with Gasteiger partial charge in [0.15, 0.2) is 0 Å². The minimum atomic E-state index is 0.155. The Labute approximate surface area is 111 Å². The fraction of sp³-hybridized carbons (Fsp3) is 0.333. The van der Waals surface area contributed by atoms with Crippen LogP contribution in [-0.4, -0.2) is 21.0 Å². The third-order valence-corrected chi connectivity index (χ3v) is 2.62. The van der Waals surface area contributed by atoms with Crippen LogP contribution in [0, 0.1) is 4.77 Å². The molecule has 96 valence electrons. The Morgan fingerprint density at radius 2 is 2.22 bits per heavy atom. The standard InChI is InChI=1S/C12H16N4OS/c1-9(2)17-11-6-4-3-5-10(11)7-14-16-8-13-15-12(16)18/h3-6,8-9,14H,7H2,1-2H3,(H,15,18). The predicted molar refractivity (Wildman–Crippen MR) is 72.7 cm³/mol. The molecule has 0 aliphatic carbocycles. The summed E-state index contributed by atoms with van der Waals surface area (Å²) >= 11 is 5.05. The highest BCUT2D eigenvalue weighted by Gasteiger charge is 2.04. The molecule has 0 atom stereocenters. The van der Waals surface area contributed by atoms with E-state index in [4.69, 9.17) is 17.0 Å². The highest BCUT2D eigenvalue weighted by Crippen LogP contribution is 2.19. The maximum atomic E-state index is 5.75. The van der Waals surface area contributed by atoms with Crippen LogP contribution in [0.3, 0.4) is 0 Å². The Hall–Kier alpha value is -1.82. The van der Waals surface area contributed by atoms with E-state index >= 15 is 0 Å². The first kappa shape index (κ1) is 12.6. The summed E-state index contributed by atoms with van der Waals surface area (Å²) in [6.07, 6.45) is 1.76. The van der Waals surface area contributed by atoms with Gasteiger partial charge < -0.3 is 10.2 Å². The van der Waals surface area contributed by atoms with Gasteiger partial charge in [0.1, 0.15) is 12.1 Å². The first-order valence-electron chi connectivity index (χ1n) is 5.77. The number of para-hydroxylation sites is 1. The van der Waals surface area contributed by atoms with Crippen molar-refractivity contribution >= 4 is 12.2 Å². The molecule has 0 fully saturated rings. The maximum Gasteiger partial charge on any atom is 0.214 e. The molecule has 18 heavy (non-hydrogen) atoms.